The summed E-state index contributed by atoms with van der Waals surface area (Å²) in [6.07, 6.45) is 0. The number of nitrogens with one attached hydrogen (secondary N) is 1. The monoisotopic (exact) mass is 209 g/mol. The van der Waals surface area contributed by atoms with Gasteiger partial charge in [-0.2, -0.15) is 5.10 Å². The average Bonchev–Trinajstić information content (AvgIpc) is 2.50. The van der Waals surface area contributed by atoms with Gasteiger partial charge in [0.15, 0.2) is 5.71 Å². The highest BCUT2D eigenvalue weighted by atomic mass is 35.5. The average molecular weight is 210 g/mol. The van der Waals surface area contributed by atoms with Gasteiger partial charge in [-0.1, -0.05) is 17.7 Å². The Kier molecular flexibility index (Phi) is 1.93. The number of nitrogens with two attached hydrogens (primary N) is 1. The van der Waals surface area contributed by atoms with E-state index in [1.807, 2.05) is 13.0 Å². The topological polar surface area (TPSA) is 67.5 Å². The van der Waals surface area contributed by atoms with Crippen LogP contribution < -0.4 is 11.2 Å². The smallest absolute Gasteiger partial charge is 0.276 e. The van der Waals surface area contributed by atoms with E-state index in [2.05, 4.69) is 10.4 Å². The van der Waals surface area contributed by atoms with Crippen molar-refractivity contribution in [3.63, 3.8) is 0 Å². The summed E-state index contributed by atoms with van der Waals surface area (Å²) < 4.78 is 0. The van der Waals surface area contributed by atoms with Crippen molar-refractivity contribution in [1.29, 1.82) is 0 Å². The second kappa shape index (κ2) is 2.99. The molecule has 2 rings (SSSR count). The minimum absolute atomic E-state index is 0.189. The minimum Gasteiger partial charge on any atom is -0.322 e. The highest BCUT2D eigenvalue weighted by Crippen LogP contribution is 2.32. The van der Waals surface area contributed by atoms with Crippen LogP contribution in [-0.2, 0) is 4.79 Å². The van der Waals surface area contributed by atoms with Crippen LogP contribution in [-0.4, -0.2) is 11.6 Å². The molecule has 0 atom stereocenters. The number of benzene rings is 1. The maximum atomic E-state index is 11.4. The van der Waals surface area contributed by atoms with Gasteiger partial charge in [0.05, 0.1) is 16.3 Å². The van der Waals surface area contributed by atoms with E-state index < -0.39 is 0 Å². The standard InChI is InChI=1S/C9H8ClN3O/c1-4-2-3-5(10)6-7(4)12-9(14)8(6)13-11/h2-3H,11H2,1H3,(H,12,13,14). The minimum atomic E-state index is -0.307. The van der Waals surface area contributed by atoms with Crippen LogP contribution in [0.5, 0.6) is 0 Å². The number of hydrogen-bond acceptors (Lipinski definition) is 3. The number of rotatable bonds is 0. The first-order chi connectivity index (χ1) is 6.65. The summed E-state index contributed by atoms with van der Waals surface area (Å²) in [5, 5.41) is 6.59. The molecule has 1 heterocycles. The van der Waals surface area contributed by atoms with Crippen LogP contribution in [0.15, 0.2) is 17.2 Å². The van der Waals surface area contributed by atoms with Gasteiger partial charge in [0.2, 0.25) is 0 Å². The predicted octanol–water partition coefficient (Wildman–Crippen LogP) is 1.26. The molecule has 1 aromatic carbocycles. The number of nitrogens with zero attached hydrogens (tertiary/aromatic N) is 1. The van der Waals surface area contributed by atoms with Crippen molar-refractivity contribution in [1.82, 2.24) is 0 Å². The van der Waals surface area contributed by atoms with E-state index in [1.54, 1.807) is 6.07 Å². The highest BCUT2D eigenvalue weighted by molar-refractivity contribution is 6.56. The van der Waals surface area contributed by atoms with Gasteiger partial charge < -0.3 is 11.2 Å². The van der Waals surface area contributed by atoms with Gasteiger partial charge in [-0.25, -0.2) is 0 Å². The second-order valence-electron chi connectivity index (χ2n) is 3.05. The van der Waals surface area contributed by atoms with Gasteiger partial charge >= 0.3 is 0 Å². The first-order valence-corrected chi connectivity index (χ1v) is 4.41. The van der Waals surface area contributed by atoms with Crippen molar-refractivity contribution >= 4 is 28.9 Å². The molecule has 0 spiro atoms. The van der Waals surface area contributed by atoms with Gasteiger partial charge in [-0.05, 0) is 18.6 Å². The first-order valence-electron chi connectivity index (χ1n) is 4.04. The van der Waals surface area contributed by atoms with E-state index >= 15 is 0 Å². The lowest BCUT2D eigenvalue weighted by Crippen LogP contribution is -2.16. The Hall–Kier alpha value is -1.55. The second-order valence-corrected chi connectivity index (χ2v) is 3.45. The van der Waals surface area contributed by atoms with Gasteiger partial charge in [0, 0.05) is 0 Å². The molecule has 0 saturated heterocycles. The first kappa shape index (κ1) is 9.02. The molecule has 1 aliphatic heterocycles. The fourth-order valence-electron chi connectivity index (χ4n) is 1.48. The molecule has 4 nitrogen and oxygen atoms in total. The molecule has 72 valence electrons. The molecule has 1 amide bonds. The third-order valence-electron chi connectivity index (χ3n) is 2.18. The van der Waals surface area contributed by atoms with E-state index in [1.165, 1.54) is 0 Å². The molecule has 0 aliphatic carbocycles. The van der Waals surface area contributed by atoms with Crippen LogP contribution in [0, 0.1) is 6.92 Å². The molecule has 14 heavy (non-hydrogen) atoms. The third-order valence-corrected chi connectivity index (χ3v) is 2.50. The van der Waals surface area contributed by atoms with Crippen molar-refractivity contribution in [2.45, 2.75) is 6.92 Å². The summed E-state index contributed by atoms with van der Waals surface area (Å²) in [4.78, 5) is 11.4. The highest BCUT2D eigenvalue weighted by Gasteiger charge is 2.29. The van der Waals surface area contributed by atoms with Gasteiger partial charge in [-0.3, -0.25) is 4.79 Å². The number of carbonyl (C=O) groups is 1. The summed E-state index contributed by atoms with van der Waals surface area (Å²) in [5.74, 6) is 4.82. The maximum absolute atomic E-state index is 11.4. The summed E-state index contributed by atoms with van der Waals surface area (Å²) in [7, 11) is 0. The number of carbonyl (C=O) groups excluding carboxylic acids is 1. The molecular formula is C9H8ClN3O. The molecule has 0 radical (unpaired) electrons. The lowest BCUT2D eigenvalue weighted by atomic mass is 10.1. The van der Waals surface area contributed by atoms with Crippen LogP contribution in [0.2, 0.25) is 5.02 Å². The van der Waals surface area contributed by atoms with Crippen LogP contribution in [0.1, 0.15) is 11.1 Å². The Morgan fingerprint density at radius 3 is 2.86 bits per heavy atom. The SMILES string of the molecule is Cc1ccc(Cl)c2c1NC(=O)/C2=N\N. The number of hydrogen-bond donors (Lipinski definition) is 2. The van der Waals surface area contributed by atoms with E-state index in [-0.39, 0.29) is 11.6 Å². The number of anilines is 1. The van der Waals surface area contributed by atoms with Crippen LogP contribution in [0.4, 0.5) is 5.69 Å². The molecule has 3 N–H and O–H groups in total. The van der Waals surface area contributed by atoms with Crippen LogP contribution >= 0.6 is 11.6 Å². The van der Waals surface area contributed by atoms with Gasteiger partial charge in [0.25, 0.3) is 5.91 Å². The summed E-state index contributed by atoms with van der Waals surface area (Å²) >= 11 is 5.95. The molecule has 0 saturated carbocycles. The van der Waals surface area contributed by atoms with Crippen LogP contribution in [0.3, 0.4) is 0 Å². The Morgan fingerprint density at radius 1 is 1.50 bits per heavy atom. The molecule has 0 bridgehead atoms. The normalized spacial score (nSPS) is 17.0. The quantitative estimate of drug-likeness (QED) is 0.499. The van der Waals surface area contributed by atoms with Crippen molar-refractivity contribution in [2.75, 3.05) is 5.32 Å². The molecule has 0 fully saturated rings. The molecule has 1 aliphatic rings. The molecular weight excluding hydrogens is 202 g/mol. The summed E-state index contributed by atoms with van der Waals surface area (Å²) in [6.45, 7) is 1.88. The van der Waals surface area contributed by atoms with Crippen molar-refractivity contribution in [2.24, 2.45) is 10.9 Å². The van der Waals surface area contributed by atoms with Crippen molar-refractivity contribution < 1.29 is 4.79 Å². The number of amides is 1. The zero-order valence-electron chi connectivity index (χ0n) is 7.47. The van der Waals surface area contributed by atoms with Gasteiger partial charge in [0.1, 0.15) is 0 Å². The van der Waals surface area contributed by atoms with E-state index in [0.29, 0.717) is 16.3 Å². The number of fused-ring (bicyclic) bond motifs is 1. The largest absolute Gasteiger partial charge is 0.322 e. The fraction of sp³-hybridized carbons (Fsp3) is 0.111. The third kappa shape index (κ3) is 1.08. The fourth-order valence-corrected chi connectivity index (χ4v) is 1.73. The molecule has 5 heteroatoms. The van der Waals surface area contributed by atoms with E-state index in [0.717, 1.165) is 5.56 Å². The summed E-state index contributed by atoms with van der Waals surface area (Å²) in [6, 6.07) is 3.56. The Labute approximate surface area is 85.7 Å². The Bertz CT molecular complexity index is 454. The van der Waals surface area contributed by atoms with Crippen LogP contribution in [0.25, 0.3) is 0 Å². The van der Waals surface area contributed by atoms with E-state index in [4.69, 9.17) is 17.4 Å². The zero-order chi connectivity index (χ0) is 10.3. The van der Waals surface area contributed by atoms with Crippen molar-refractivity contribution in [3.8, 4) is 0 Å². The van der Waals surface area contributed by atoms with Gasteiger partial charge in [-0.15, -0.1) is 0 Å². The zero-order valence-corrected chi connectivity index (χ0v) is 8.22. The lowest BCUT2D eigenvalue weighted by Gasteiger charge is -2.03. The maximum Gasteiger partial charge on any atom is 0.276 e. The van der Waals surface area contributed by atoms with E-state index in [9.17, 15) is 4.79 Å². The predicted molar refractivity (Wildman–Crippen MR) is 55.5 cm³/mol. The Balaban J connectivity index is 2.75. The van der Waals surface area contributed by atoms with Crippen molar-refractivity contribution in [3.05, 3.63) is 28.3 Å². The number of aryl methyl sites for hydroxylation is 1. The number of hydrazone groups is 1. The molecule has 0 unspecified atom stereocenters. The summed E-state index contributed by atoms with van der Waals surface area (Å²) in [5.41, 5.74) is 2.43. The molecule has 1 aromatic rings. The lowest BCUT2D eigenvalue weighted by molar-refractivity contribution is -0.110. The Morgan fingerprint density at radius 2 is 2.21 bits per heavy atom. The molecule has 0 aromatic heterocycles. The number of halogens is 1.